The van der Waals surface area contributed by atoms with E-state index in [9.17, 15) is 27.2 Å². The molecule has 0 unspecified atom stereocenters. The number of alkyl carbamates (subject to hydrolysis) is 1. The Morgan fingerprint density at radius 2 is 1.86 bits per heavy atom. The molecule has 0 atom stereocenters. The first-order valence-corrected chi connectivity index (χ1v) is 6.92. The number of ether oxygens (including phenoxy) is 1. The zero-order valence-electron chi connectivity index (χ0n) is 12.7. The summed E-state index contributed by atoms with van der Waals surface area (Å²) < 4.78 is 51.6. The lowest BCUT2D eigenvalue weighted by Crippen LogP contribution is -2.36. The van der Waals surface area contributed by atoms with E-state index < -0.39 is 25.0 Å². The Morgan fingerprint density at radius 3 is 2.32 bits per heavy atom. The van der Waals surface area contributed by atoms with E-state index in [0.717, 1.165) is 19.3 Å². The van der Waals surface area contributed by atoms with E-state index in [-0.39, 0.29) is 6.54 Å². The molecule has 0 aliphatic carbocycles. The van der Waals surface area contributed by atoms with Crippen LogP contribution in [0.2, 0.25) is 0 Å². The van der Waals surface area contributed by atoms with Crippen LogP contribution < -0.4 is 5.32 Å². The molecule has 22 heavy (non-hydrogen) atoms. The normalized spacial score (nSPS) is 10.3. The van der Waals surface area contributed by atoms with Gasteiger partial charge in [0.25, 0.3) is 0 Å². The Morgan fingerprint density at radius 1 is 1.27 bits per heavy atom. The number of nitrogens with one attached hydrogen (secondary N) is 1. The molecule has 0 bridgehead atoms. The number of rotatable bonds is 9. The molecule has 0 aliphatic rings. The van der Waals surface area contributed by atoms with Gasteiger partial charge in [0.15, 0.2) is 6.61 Å². The highest BCUT2D eigenvalue weighted by Gasteiger charge is 2.42. The van der Waals surface area contributed by atoms with Gasteiger partial charge in [-0.2, -0.15) is 8.78 Å². The van der Waals surface area contributed by atoms with Gasteiger partial charge >= 0.3 is 18.4 Å². The van der Waals surface area contributed by atoms with Gasteiger partial charge in [-0.1, -0.05) is 26.7 Å². The lowest BCUT2D eigenvalue weighted by Gasteiger charge is -2.15. The van der Waals surface area contributed by atoms with E-state index in [1.54, 1.807) is 0 Å². The van der Waals surface area contributed by atoms with Crippen LogP contribution in [-0.4, -0.2) is 44.2 Å². The lowest BCUT2D eigenvalue weighted by molar-refractivity contribution is -0.153. The van der Waals surface area contributed by atoms with Gasteiger partial charge in [0, 0.05) is 6.54 Å². The highest BCUT2D eigenvalue weighted by molar-refractivity contribution is 5.67. The number of alkyl halides is 4. The Bertz CT molecular complexity index is 335. The molecule has 0 fully saturated rings. The smallest absolute Gasteiger partial charge is 0.407 e. The minimum atomic E-state index is -4.29. The molecule has 0 spiro atoms. The monoisotopic (exact) mass is 330 g/mol. The zero-order chi connectivity index (χ0) is 17.4. The Labute approximate surface area is 127 Å². The molecule has 130 valence electrons. The number of isocyanates is 1. The molecule has 0 heterocycles. The van der Waals surface area contributed by atoms with Crippen molar-refractivity contribution in [1.82, 2.24) is 5.32 Å². The molecular weight excluding hydrogens is 308 g/mol. The second-order valence-corrected chi connectivity index (χ2v) is 4.24. The maximum atomic E-state index is 12.2. The second-order valence-electron chi connectivity index (χ2n) is 4.24. The van der Waals surface area contributed by atoms with Gasteiger partial charge in [0.05, 0.1) is 6.54 Å². The zero-order valence-corrected chi connectivity index (χ0v) is 12.7. The lowest BCUT2D eigenvalue weighted by atomic mass is 10.3. The molecule has 0 saturated heterocycles. The van der Waals surface area contributed by atoms with Gasteiger partial charge in [0.1, 0.15) is 0 Å². The minimum absolute atomic E-state index is 0.273. The molecule has 1 N–H and O–H groups in total. The molecule has 0 aliphatic heterocycles. The Balaban J connectivity index is 0. The summed E-state index contributed by atoms with van der Waals surface area (Å²) in [5.41, 5.74) is 0. The number of carbonyl (C=O) groups is 1. The standard InChI is InChI=1S/C8H13F4NO2.C5H9NO/c1-2-3-4-13-7(14)15-5-8(11,12)6(9)10;1-2-3-4-6-5-7/h6H,2-5H2,1H3,(H,13,14);2-4H2,1H3. The fourth-order valence-electron chi connectivity index (χ4n) is 0.926. The van der Waals surface area contributed by atoms with Gasteiger partial charge in [-0.05, 0) is 12.8 Å². The third-order valence-corrected chi connectivity index (χ3v) is 2.20. The number of carbonyl (C=O) groups excluding carboxylic acids is 2. The summed E-state index contributed by atoms with van der Waals surface area (Å²) in [4.78, 5) is 23.4. The van der Waals surface area contributed by atoms with E-state index in [2.05, 4.69) is 22.0 Å². The summed E-state index contributed by atoms with van der Waals surface area (Å²) in [6, 6.07) is 0. The molecule has 9 heteroatoms. The summed E-state index contributed by atoms with van der Waals surface area (Å²) in [6.45, 7) is 3.23. The minimum Gasteiger partial charge on any atom is -0.443 e. The summed E-state index contributed by atoms with van der Waals surface area (Å²) >= 11 is 0. The van der Waals surface area contributed by atoms with Gasteiger partial charge in [-0.25, -0.2) is 23.4 Å². The molecule has 0 aromatic rings. The van der Waals surface area contributed by atoms with Crippen molar-refractivity contribution in [1.29, 1.82) is 0 Å². The predicted octanol–water partition coefficient (Wildman–Crippen LogP) is 3.54. The molecule has 0 radical (unpaired) electrons. The van der Waals surface area contributed by atoms with Gasteiger partial charge < -0.3 is 10.1 Å². The van der Waals surface area contributed by atoms with Crippen LogP contribution in [0.25, 0.3) is 0 Å². The second kappa shape index (κ2) is 14.3. The number of nitrogens with zero attached hydrogens (tertiary/aromatic N) is 1. The number of unbranched alkanes of at least 4 members (excludes halogenated alkanes) is 2. The molecule has 1 amide bonds. The maximum Gasteiger partial charge on any atom is 0.407 e. The van der Waals surface area contributed by atoms with Crippen molar-refractivity contribution >= 4 is 12.2 Å². The van der Waals surface area contributed by atoms with Crippen LogP contribution in [0.1, 0.15) is 39.5 Å². The molecule has 0 rings (SSSR count). The molecule has 5 nitrogen and oxygen atoms in total. The van der Waals surface area contributed by atoms with E-state index in [1.807, 2.05) is 6.92 Å². The van der Waals surface area contributed by atoms with E-state index in [1.165, 1.54) is 6.08 Å². The van der Waals surface area contributed by atoms with Crippen molar-refractivity contribution in [3.05, 3.63) is 0 Å². The van der Waals surface area contributed by atoms with Crippen LogP contribution in [0.4, 0.5) is 22.4 Å². The number of aliphatic imine (C=N–C) groups is 1. The van der Waals surface area contributed by atoms with Crippen LogP contribution in [0.3, 0.4) is 0 Å². The predicted molar refractivity (Wildman–Crippen MR) is 73.1 cm³/mol. The van der Waals surface area contributed by atoms with Crippen molar-refractivity contribution in [2.75, 3.05) is 19.7 Å². The van der Waals surface area contributed by atoms with Gasteiger partial charge in [-0.15, -0.1) is 0 Å². The third-order valence-electron chi connectivity index (χ3n) is 2.20. The largest absolute Gasteiger partial charge is 0.443 e. The average Bonchev–Trinajstić information content (AvgIpc) is 2.47. The summed E-state index contributed by atoms with van der Waals surface area (Å²) in [5, 5.41) is 2.16. The van der Waals surface area contributed by atoms with Crippen molar-refractivity contribution in [2.45, 2.75) is 51.9 Å². The van der Waals surface area contributed by atoms with Crippen molar-refractivity contribution in [3.8, 4) is 0 Å². The van der Waals surface area contributed by atoms with E-state index in [0.29, 0.717) is 13.0 Å². The third kappa shape index (κ3) is 14.8. The molecule has 0 saturated carbocycles. The Kier molecular flexibility index (Phi) is 14.7. The number of halogens is 4. The molecule has 0 aromatic heterocycles. The SMILES string of the molecule is CCCCN=C=O.CCCCNC(=O)OCC(F)(F)C(F)F. The van der Waals surface area contributed by atoms with E-state index in [4.69, 9.17) is 0 Å². The quantitative estimate of drug-likeness (QED) is 0.304. The van der Waals surface area contributed by atoms with Crippen molar-refractivity contribution in [2.24, 2.45) is 4.99 Å². The van der Waals surface area contributed by atoms with Gasteiger partial charge in [0.2, 0.25) is 6.08 Å². The van der Waals surface area contributed by atoms with Crippen LogP contribution >= 0.6 is 0 Å². The molecular formula is C13H22F4N2O3. The summed E-state index contributed by atoms with van der Waals surface area (Å²) in [6.07, 6.45) is 0.101. The van der Waals surface area contributed by atoms with Crippen LogP contribution in [-0.2, 0) is 9.53 Å². The van der Waals surface area contributed by atoms with Crippen molar-refractivity contribution in [3.63, 3.8) is 0 Å². The van der Waals surface area contributed by atoms with Crippen LogP contribution in [0, 0.1) is 0 Å². The van der Waals surface area contributed by atoms with Crippen LogP contribution in [0.15, 0.2) is 4.99 Å². The molecule has 0 aromatic carbocycles. The summed E-state index contributed by atoms with van der Waals surface area (Å²) in [5.74, 6) is -4.29. The first-order valence-electron chi connectivity index (χ1n) is 6.92. The number of amides is 1. The fourth-order valence-corrected chi connectivity index (χ4v) is 0.926. The topological polar surface area (TPSA) is 67.8 Å². The Hall–Kier alpha value is -1.63. The maximum absolute atomic E-state index is 12.2. The fraction of sp³-hybridized carbons (Fsp3) is 0.846. The van der Waals surface area contributed by atoms with Gasteiger partial charge in [-0.3, -0.25) is 0 Å². The summed E-state index contributed by atoms with van der Waals surface area (Å²) in [7, 11) is 0. The first-order chi connectivity index (χ1) is 10.3. The number of hydrogen-bond acceptors (Lipinski definition) is 4. The van der Waals surface area contributed by atoms with Crippen LogP contribution in [0.5, 0.6) is 0 Å². The number of hydrogen-bond donors (Lipinski definition) is 1. The van der Waals surface area contributed by atoms with Crippen molar-refractivity contribution < 1.29 is 31.9 Å². The highest BCUT2D eigenvalue weighted by Crippen LogP contribution is 2.22. The van der Waals surface area contributed by atoms with E-state index >= 15 is 0 Å². The first kappa shape index (κ1) is 22.6. The average molecular weight is 330 g/mol. The highest BCUT2D eigenvalue weighted by atomic mass is 19.3.